The van der Waals surface area contributed by atoms with Gasteiger partial charge in [-0.3, -0.25) is 9.59 Å². The summed E-state index contributed by atoms with van der Waals surface area (Å²) in [5, 5.41) is 29.3. The van der Waals surface area contributed by atoms with Gasteiger partial charge in [0.1, 0.15) is 18.3 Å². The van der Waals surface area contributed by atoms with E-state index in [4.69, 9.17) is 0 Å². The van der Waals surface area contributed by atoms with Crippen molar-refractivity contribution < 1.29 is 24.9 Å². The van der Waals surface area contributed by atoms with Crippen LogP contribution in [0.4, 0.5) is 0 Å². The lowest BCUT2D eigenvalue weighted by atomic mass is 9.95. The van der Waals surface area contributed by atoms with Gasteiger partial charge in [0.05, 0.1) is 5.56 Å². The standard InChI is InChI=1S/C20H21NO5/c1-12-6-8-13(9-7-12)18(24)14-4-2-3-5-15(14)20(26)21-10-16(22)19(25)17(23)11-21/h2-9,16-17,19,22-23,25H,10-11H2,1H3/t16-,17+,19?. The van der Waals surface area contributed by atoms with Crippen molar-refractivity contribution in [3.05, 3.63) is 70.8 Å². The number of amides is 1. The van der Waals surface area contributed by atoms with E-state index in [1.807, 2.05) is 19.1 Å². The Labute approximate surface area is 151 Å². The molecular weight excluding hydrogens is 334 g/mol. The molecule has 0 saturated carbocycles. The zero-order valence-corrected chi connectivity index (χ0v) is 14.4. The summed E-state index contributed by atoms with van der Waals surface area (Å²) in [7, 11) is 0. The lowest BCUT2D eigenvalue weighted by Crippen LogP contribution is -2.56. The van der Waals surface area contributed by atoms with E-state index in [1.54, 1.807) is 36.4 Å². The molecule has 0 aliphatic carbocycles. The number of hydrogen-bond acceptors (Lipinski definition) is 5. The van der Waals surface area contributed by atoms with Crippen LogP contribution < -0.4 is 0 Å². The molecule has 26 heavy (non-hydrogen) atoms. The first-order valence-corrected chi connectivity index (χ1v) is 8.42. The van der Waals surface area contributed by atoms with E-state index in [0.29, 0.717) is 5.56 Å². The molecule has 2 aromatic rings. The highest BCUT2D eigenvalue weighted by Crippen LogP contribution is 2.20. The fourth-order valence-electron chi connectivity index (χ4n) is 3.06. The highest BCUT2D eigenvalue weighted by atomic mass is 16.4. The first-order valence-electron chi connectivity index (χ1n) is 8.42. The van der Waals surface area contributed by atoms with Crippen molar-refractivity contribution in [2.45, 2.75) is 25.2 Å². The largest absolute Gasteiger partial charge is 0.388 e. The molecular formula is C20H21NO5. The molecule has 1 aliphatic heterocycles. The zero-order valence-electron chi connectivity index (χ0n) is 14.4. The van der Waals surface area contributed by atoms with Gasteiger partial charge in [-0.25, -0.2) is 0 Å². The Kier molecular flexibility index (Phi) is 5.18. The topological polar surface area (TPSA) is 98.1 Å². The van der Waals surface area contributed by atoms with E-state index in [9.17, 15) is 24.9 Å². The fraction of sp³-hybridized carbons (Fsp3) is 0.300. The van der Waals surface area contributed by atoms with Crippen LogP contribution in [-0.2, 0) is 0 Å². The van der Waals surface area contributed by atoms with E-state index < -0.39 is 24.2 Å². The maximum absolute atomic E-state index is 12.9. The molecule has 0 bridgehead atoms. The predicted molar refractivity (Wildman–Crippen MR) is 95.0 cm³/mol. The van der Waals surface area contributed by atoms with Gasteiger partial charge in [0.15, 0.2) is 5.78 Å². The van der Waals surface area contributed by atoms with Gasteiger partial charge < -0.3 is 20.2 Å². The average Bonchev–Trinajstić information content (AvgIpc) is 2.65. The van der Waals surface area contributed by atoms with Gasteiger partial charge in [-0.05, 0) is 13.0 Å². The fourth-order valence-corrected chi connectivity index (χ4v) is 3.06. The van der Waals surface area contributed by atoms with Gasteiger partial charge in [-0.1, -0.05) is 48.0 Å². The van der Waals surface area contributed by atoms with Crippen molar-refractivity contribution in [2.24, 2.45) is 0 Å². The SMILES string of the molecule is Cc1ccc(C(=O)c2ccccc2C(=O)N2C[C@@H](O)C(O)[C@@H](O)C2)cc1. The van der Waals surface area contributed by atoms with Crippen LogP contribution in [0.25, 0.3) is 0 Å². The summed E-state index contributed by atoms with van der Waals surface area (Å²) in [6.07, 6.45) is -3.76. The number of benzene rings is 2. The molecule has 0 radical (unpaired) electrons. The number of aliphatic hydroxyl groups is 3. The Hall–Kier alpha value is -2.54. The molecule has 0 aromatic heterocycles. The summed E-state index contributed by atoms with van der Waals surface area (Å²) in [6.45, 7) is 1.71. The normalized spacial score (nSPS) is 22.9. The highest BCUT2D eigenvalue weighted by molar-refractivity contribution is 6.15. The number of rotatable bonds is 3. The van der Waals surface area contributed by atoms with Gasteiger partial charge >= 0.3 is 0 Å². The number of aryl methyl sites for hydroxylation is 1. The maximum Gasteiger partial charge on any atom is 0.254 e. The second-order valence-corrected chi connectivity index (χ2v) is 6.58. The van der Waals surface area contributed by atoms with Crippen molar-refractivity contribution >= 4 is 11.7 Å². The van der Waals surface area contributed by atoms with Gasteiger partial charge in [0.2, 0.25) is 0 Å². The van der Waals surface area contributed by atoms with Crippen LogP contribution in [0.2, 0.25) is 0 Å². The number of β-amino-alcohol motifs (C(OH)–C–C–N with tert-alkyl or cyclic N) is 2. The van der Waals surface area contributed by atoms with E-state index >= 15 is 0 Å². The smallest absolute Gasteiger partial charge is 0.254 e. The van der Waals surface area contributed by atoms with Crippen molar-refractivity contribution in [2.75, 3.05) is 13.1 Å². The summed E-state index contributed by atoms with van der Waals surface area (Å²) >= 11 is 0. The number of ketones is 1. The highest BCUT2D eigenvalue weighted by Gasteiger charge is 2.36. The lowest BCUT2D eigenvalue weighted by molar-refractivity contribution is -0.101. The van der Waals surface area contributed by atoms with Crippen LogP contribution >= 0.6 is 0 Å². The summed E-state index contributed by atoms with van der Waals surface area (Å²) < 4.78 is 0. The molecule has 1 saturated heterocycles. The van der Waals surface area contributed by atoms with Gasteiger partial charge in [-0.2, -0.15) is 0 Å². The number of carbonyl (C=O) groups excluding carboxylic acids is 2. The van der Waals surface area contributed by atoms with E-state index in [0.717, 1.165) is 5.56 Å². The zero-order chi connectivity index (χ0) is 18.8. The van der Waals surface area contributed by atoms with Crippen LogP contribution in [0, 0.1) is 6.92 Å². The summed E-state index contributed by atoms with van der Waals surface area (Å²) in [5.41, 5.74) is 1.97. The van der Waals surface area contributed by atoms with Crippen LogP contribution in [0.1, 0.15) is 31.8 Å². The quantitative estimate of drug-likeness (QED) is 0.707. The number of aliphatic hydroxyl groups excluding tert-OH is 3. The molecule has 1 amide bonds. The minimum absolute atomic E-state index is 0.107. The van der Waals surface area contributed by atoms with Crippen LogP contribution in [0.5, 0.6) is 0 Å². The molecule has 3 atom stereocenters. The minimum atomic E-state index is -1.29. The van der Waals surface area contributed by atoms with Gasteiger partial charge in [0.25, 0.3) is 5.91 Å². The molecule has 2 aromatic carbocycles. The molecule has 136 valence electrons. The Morgan fingerprint density at radius 3 is 2.00 bits per heavy atom. The summed E-state index contributed by atoms with van der Waals surface area (Å²) in [4.78, 5) is 27.0. The van der Waals surface area contributed by atoms with Crippen molar-refractivity contribution in [3.8, 4) is 0 Å². The lowest BCUT2D eigenvalue weighted by Gasteiger charge is -2.37. The third-order valence-corrected chi connectivity index (χ3v) is 4.61. The van der Waals surface area contributed by atoms with Crippen molar-refractivity contribution in [1.29, 1.82) is 0 Å². The van der Waals surface area contributed by atoms with E-state index in [2.05, 4.69) is 0 Å². The van der Waals surface area contributed by atoms with Crippen molar-refractivity contribution in [3.63, 3.8) is 0 Å². The molecule has 3 N–H and O–H groups in total. The summed E-state index contributed by atoms with van der Waals surface area (Å²) in [5.74, 6) is -0.738. The van der Waals surface area contributed by atoms with Crippen LogP contribution in [-0.4, -0.2) is 63.3 Å². The predicted octanol–water partition coefficient (Wildman–Crippen LogP) is 0.765. The molecule has 3 rings (SSSR count). The molecule has 1 unspecified atom stereocenters. The number of piperidine rings is 1. The Balaban J connectivity index is 1.90. The molecule has 0 spiro atoms. The molecule has 1 heterocycles. The maximum atomic E-state index is 12.9. The molecule has 1 fully saturated rings. The third-order valence-electron chi connectivity index (χ3n) is 4.61. The second-order valence-electron chi connectivity index (χ2n) is 6.58. The Bertz CT molecular complexity index is 805. The number of nitrogens with zero attached hydrogens (tertiary/aromatic N) is 1. The van der Waals surface area contributed by atoms with Gasteiger partial charge in [0, 0.05) is 24.2 Å². The molecule has 1 aliphatic rings. The summed E-state index contributed by atoms with van der Waals surface area (Å²) in [6, 6.07) is 13.6. The third kappa shape index (κ3) is 3.53. The second kappa shape index (κ2) is 7.37. The monoisotopic (exact) mass is 355 g/mol. The van der Waals surface area contributed by atoms with Crippen molar-refractivity contribution in [1.82, 2.24) is 4.90 Å². The number of likely N-dealkylation sites (tertiary alicyclic amines) is 1. The minimum Gasteiger partial charge on any atom is -0.388 e. The van der Waals surface area contributed by atoms with Crippen LogP contribution in [0.3, 0.4) is 0 Å². The molecule has 6 nitrogen and oxygen atoms in total. The first-order chi connectivity index (χ1) is 12.4. The average molecular weight is 355 g/mol. The van der Waals surface area contributed by atoms with Gasteiger partial charge in [-0.15, -0.1) is 0 Å². The van der Waals surface area contributed by atoms with E-state index in [1.165, 1.54) is 4.90 Å². The first kappa shape index (κ1) is 18.3. The Morgan fingerprint density at radius 2 is 1.42 bits per heavy atom. The number of hydrogen-bond donors (Lipinski definition) is 3. The Morgan fingerprint density at radius 1 is 0.885 bits per heavy atom. The number of carbonyl (C=O) groups is 2. The molecule has 6 heteroatoms. The van der Waals surface area contributed by atoms with E-state index in [-0.39, 0.29) is 30.0 Å². The van der Waals surface area contributed by atoms with Crippen LogP contribution in [0.15, 0.2) is 48.5 Å².